The Morgan fingerprint density at radius 1 is 1.58 bits per heavy atom. The minimum atomic E-state index is -0.276. The molecule has 6 heteroatoms. The Hall–Kier alpha value is -1.10. The number of hydrogen-bond donors (Lipinski definition) is 0. The Balaban J connectivity index is 2.71. The number of esters is 1. The van der Waals surface area contributed by atoms with Gasteiger partial charge in [-0.1, -0.05) is 29.3 Å². The zero-order valence-corrected chi connectivity index (χ0v) is 12.2. The van der Waals surface area contributed by atoms with Crippen LogP contribution >= 0.6 is 23.2 Å². The van der Waals surface area contributed by atoms with Crippen LogP contribution in [0, 0.1) is 0 Å². The number of ether oxygens (including phenoxy) is 1. The van der Waals surface area contributed by atoms with Crippen LogP contribution in [0.15, 0.2) is 24.9 Å². The fourth-order valence-electron chi connectivity index (χ4n) is 1.55. The van der Waals surface area contributed by atoms with Crippen molar-refractivity contribution in [2.75, 3.05) is 19.7 Å². The van der Waals surface area contributed by atoms with Gasteiger partial charge in [-0.25, -0.2) is 4.98 Å². The standard InChI is InChI=1S/C13H16Cl2N2O2/c1-3-5-17(9-13(18)19-4-2)8-10-7-16-12(15)6-11(10)14/h3,6-7H,1,4-5,8-9H2,2H3. The van der Waals surface area contributed by atoms with Gasteiger partial charge in [-0.2, -0.15) is 0 Å². The number of aromatic nitrogens is 1. The maximum absolute atomic E-state index is 11.5. The molecule has 0 N–H and O–H groups in total. The summed E-state index contributed by atoms with van der Waals surface area (Å²) in [5.74, 6) is -0.276. The van der Waals surface area contributed by atoms with Gasteiger partial charge in [0.05, 0.1) is 13.2 Å². The molecule has 1 aromatic rings. The number of rotatable bonds is 7. The summed E-state index contributed by atoms with van der Waals surface area (Å²) in [7, 11) is 0. The molecule has 0 bridgehead atoms. The van der Waals surface area contributed by atoms with Crippen LogP contribution in [0.3, 0.4) is 0 Å². The topological polar surface area (TPSA) is 42.4 Å². The van der Waals surface area contributed by atoms with Gasteiger partial charge in [0.2, 0.25) is 0 Å². The lowest BCUT2D eigenvalue weighted by Gasteiger charge is -2.20. The SMILES string of the molecule is C=CCN(CC(=O)OCC)Cc1cnc(Cl)cc1Cl. The van der Waals surface area contributed by atoms with Crippen molar-refractivity contribution in [2.45, 2.75) is 13.5 Å². The van der Waals surface area contributed by atoms with Crippen molar-refractivity contribution in [3.63, 3.8) is 0 Å². The van der Waals surface area contributed by atoms with Gasteiger partial charge in [-0.3, -0.25) is 9.69 Å². The molecule has 0 aliphatic heterocycles. The summed E-state index contributed by atoms with van der Waals surface area (Å²) in [5.41, 5.74) is 0.803. The van der Waals surface area contributed by atoms with Crippen molar-refractivity contribution >= 4 is 29.2 Å². The summed E-state index contributed by atoms with van der Waals surface area (Å²) in [6.07, 6.45) is 3.32. The minimum absolute atomic E-state index is 0.179. The highest BCUT2D eigenvalue weighted by Crippen LogP contribution is 2.20. The molecule has 0 atom stereocenters. The Labute approximate surface area is 123 Å². The van der Waals surface area contributed by atoms with Gasteiger partial charge in [0.1, 0.15) is 5.15 Å². The van der Waals surface area contributed by atoms with Gasteiger partial charge >= 0.3 is 5.97 Å². The van der Waals surface area contributed by atoms with Crippen molar-refractivity contribution in [3.8, 4) is 0 Å². The molecule has 1 rings (SSSR count). The van der Waals surface area contributed by atoms with Crippen LogP contribution in [0.1, 0.15) is 12.5 Å². The van der Waals surface area contributed by atoms with Gasteiger partial charge < -0.3 is 4.74 Å². The van der Waals surface area contributed by atoms with Crippen molar-refractivity contribution in [2.24, 2.45) is 0 Å². The average Bonchev–Trinajstić information content (AvgIpc) is 2.33. The molecule has 4 nitrogen and oxygen atoms in total. The van der Waals surface area contributed by atoms with Gasteiger partial charge in [0, 0.05) is 29.9 Å². The molecule has 0 saturated carbocycles. The van der Waals surface area contributed by atoms with E-state index in [-0.39, 0.29) is 12.5 Å². The molecule has 1 heterocycles. The highest BCUT2D eigenvalue weighted by molar-refractivity contribution is 6.34. The first-order valence-corrected chi connectivity index (χ1v) is 6.61. The van der Waals surface area contributed by atoms with E-state index in [0.29, 0.717) is 29.9 Å². The van der Waals surface area contributed by atoms with E-state index >= 15 is 0 Å². The number of hydrogen-bond acceptors (Lipinski definition) is 4. The van der Waals surface area contributed by atoms with Crippen LogP contribution < -0.4 is 0 Å². The van der Waals surface area contributed by atoms with Gasteiger partial charge in [0.25, 0.3) is 0 Å². The fraction of sp³-hybridized carbons (Fsp3) is 0.385. The summed E-state index contributed by atoms with van der Waals surface area (Å²) in [6, 6.07) is 1.58. The summed E-state index contributed by atoms with van der Waals surface area (Å²) in [6.45, 7) is 7.02. The molecule has 0 saturated heterocycles. The molecular formula is C13H16Cl2N2O2. The van der Waals surface area contributed by atoms with Gasteiger partial charge in [-0.05, 0) is 13.0 Å². The summed E-state index contributed by atoms with van der Waals surface area (Å²) < 4.78 is 4.92. The Bertz CT molecular complexity index is 452. The molecule has 0 fully saturated rings. The number of pyridine rings is 1. The second kappa shape index (κ2) is 8.15. The predicted octanol–water partition coefficient (Wildman–Crippen LogP) is 2.94. The van der Waals surface area contributed by atoms with Crippen molar-refractivity contribution in [1.82, 2.24) is 9.88 Å². The van der Waals surface area contributed by atoms with E-state index in [2.05, 4.69) is 11.6 Å². The maximum atomic E-state index is 11.5. The summed E-state index contributed by atoms with van der Waals surface area (Å²) in [4.78, 5) is 17.3. The first-order chi connectivity index (χ1) is 9.06. The average molecular weight is 303 g/mol. The molecule has 0 radical (unpaired) electrons. The van der Waals surface area contributed by atoms with E-state index in [1.54, 1.807) is 25.3 Å². The first kappa shape index (κ1) is 16.0. The highest BCUT2D eigenvalue weighted by atomic mass is 35.5. The molecule has 0 aromatic carbocycles. The molecule has 0 aliphatic rings. The van der Waals surface area contributed by atoms with Crippen molar-refractivity contribution < 1.29 is 9.53 Å². The number of halogens is 2. The van der Waals surface area contributed by atoms with Crippen LogP contribution in [0.5, 0.6) is 0 Å². The molecule has 104 valence electrons. The third kappa shape index (κ3) is 5.59. The van der Waals surface area contributed by atoms with Crippen LogP contribution in [0.2, 0.25) is 10.2 Å². The van der Waals surface area contributed by atoms with E-state index in [9.17, 15) is 4.79 Å². The summed E-state index contributed by atoms with van der Waals surface area (Å²) in [5, 5.41) is 0.868. The van der Waals surface area contributed by atoms with Crippen LogP contribution in [0.25, 0.3) is 0 Å². The molecule has 0 aliphatic carbocycles. The Morgan fingerprint density at radius 2 is 2.32 bits per heavy atom. The molecule has 1 aromatic heterocycles. The highest BCUT2D eigenvalue weighted by Gasteiger charge is 2.13. The maximum Gasteiger partial charge on any atom is 0.320 e. The fourth-order valence-corrected chi connectivity index (χ4v) is 1.98. The van der Waals surface area contributed by atoms with E-state index in [1.807, 2.05) is 4.90 Å². The quantitative estimate of drug-likeness (QED) is 0.441. The molecule has 19 heavy (non-hydrogen) atoms. The lowest BCUT2D eigenvalue weighted by molar-refractivity contribution is -0.144. The van der Waals surface area contributed by atoms with Crippen LogP contribution in [-0.2, 0) is 16.1 Å². The normalized spacial score (nSPS) is 10.5. The predicted molar refractivity (Wildman–Crippen MR) is 76.4 cm³/mol. The van der Waals surface area contributed by atoms with E-state index in [1.165, 1.54) is 0 Å². The third-order valence-electron chi connectivity index (χ3n) is 2.34. The molecular weight excluding hydrogens is 287 g/mol. The van der Waals surface area contributed by atoms with Crippen molar-refractivity contribution in [3.05, 3.63) is 40.7 Å². The molecule has 0 amide bonds. The third-order valence-corrected chi connectivity index (χ3v) is 2.89. The van der Waals surface area contributed by atoms with E-state index in [0.717, 1.165) is 5.56 Å². The summed E-state index contributed by atoms with van der Waals surface area (Å²) >= 11 is 11.8. The Kier molecular flexibility index (Phi) is 6.84. The van der Waals surface area contributed by atoms with Crippen molar-refractivity contribution in [1.29, 1.82) is 0 Å². The first-order valence-electron chi connectivity index (χ1n) is 5.85. The number of carbonyl (C=O) groups is 1. The minimum Gasteiger partial charge on any atom is -0.465 e. The largest absolute Gasteiger partial charge is 0.465 e. The van der Waals surface area contributed by atoms with Gasteiger partial charge in [0.15, 0.2) is 0 Å². The second-order valence-electron chi connectivity index (χ2n) is 3.86. The second-order valence-corrected chi connectivity index (χ2v) is 4.66. The zero-order chi connectivity index (χ0) is 14.3. The van der Waals surface area contributed by atoms with Gasteiger partial charge in [-0.15, -0.1) is 6.58 Å². The van der Waals surface area contributed by atoms with E-state index < -0.39 is 0 Å². The number of nitrogens with zero attached hydrogens (tertiary/aromatic N) is 2. The lowest BCUT2D eigenvalue weighted by Crippen LogP contribution is -2.31. The molecule has 0 unspecified atom stereocenters. The van der Waals surface area contributed by atoms with Crippen LogP contribution in [0.4, 0.5) is 0 Å². The van der Waals surface area contributed by atoms with E-state index in [4.69, 9.17) is 27.9 Å². The Morgan fingerprint density at radius 3 is 2.89 bits per heavy atom. The monoisotopic (exact) mass is 302 g/mol. The molecule has 0 spiro atoms. The number of carbonyl (C=O) groups excluding carboxylic acids is 1. The zero-order valence-electron chi connectivity index (χ0n) is 10.7. The lowest BCUT2D eigenvalue weighted by atomic mass is 10.2. The van der Waals surface area contributed by atoms with Crippen LogP contribution in [-0.4, -0.2) is 35.5 Å². The smallest absolute Gasteiger partial charge is 0.320 e.